The fourth-order valence-electron chi connectivity index (χ4n) is 5.10. The van der Waals surface area contributed by atoms with E-state index in [1.54, 1.807) is 0 Å². The van der Waals surface area contributed by atoms with E-state index in [0.29, 0.717) is 5.56 Å². The maximum atomic E-state index is 10.8. The molecule has 10 N–H and O–H groups in total. The molecule has 15 heteroatoms. The second-order valence-corrected chi connectivity index (χ2v) is 10.5. The number of ether oxygens (including phenoxy) is 6. The Balaban J connectivity index is 1.41. The Morgan fingerprint density at radius 3 is 2.26 bits per heavy atom. The lowest BCUT2D eigenvalue weighted by atomic mass is 9.96. The highest BCUT2D eigenvalue weighted by Crippen LogP contribution is 2.38. The van der Waals surface area contributed by atoms with Crippen LogP contribution < -0.4 is 4.74 Å². The normalized spacial score (nSPS) is 37.9. The standard InChI is InChI=1S/C28H34O15/c1-10-20(32)22(34)24(36)27(40-10)39-9-19-21(33)23(35)25(37)28(43-19)42-18-8-13-15(31)6-12(29)7-16(13)41-26(18)11-3-4-14(30)17(5-11)38-2/h3-8,10,16,19-25,27-37H,9H2,1-2H3/p+1/t10-,16?,19+,20-,21+,22+,23-,24+,25+,27+,28+/m0/s1. The highest BCUT2D eigenvalue weighted by atomic mass is 16.7. The lowest BCUT2D eigenvalue weighted by Crippen LogP contribution is -2.61. The summed E-state index contributed by atoms with van der Waals surface area (Å²) in [6, 6.07) is 4.33. The fourth-order valence-corrected chi connectivity index (χ4v) is 5.10. The van der Waals surface area contributed by atoms with Gasteiger partial charge >= 0.3 is 5.76 Å². The SMILES string of the molecule is COc1cc(C2=C(O[C@@H]3O[C@H](CO[C@@H]4O[C@@H](C)[C@H](O)[C@@H](O)[C@H]4O)[C@@H](O)[C@H](O)[C@H]3O)C=C3C(O)=CC(O)=CC3[OH+]2)ccc1O. The van der Waals surface area contributed by atoms with E-state index in [-0.39, 0.29) is 40.1 Å². The number of hydrogen-bond donors (Lipinski definition) is 9. The molecule has 0 bridgehead atoms. The molecule has 1 unspecified atom stereocenters. The number of rotatable bonds is 7. The molecule has 236 valence electrons. The molecule has 0 saturated carbocycles. The molecule has 5 rings (SSSR count). The summed E-state index contributed by atoms with van der Waals surface area (Å²) in [7, 11) is 1.35. The van der Waals surface area contributed by atoms with Gasteiger partial charge in [-0.3, -0.25) is 0 Å². The van der Waals surface area contributed by atoms with Crippen molar-refractivity contribution in [2.24, 2.45) is 0 Å². The Morgan fingerprint density at radius 1 is 0.837 bits per heavy atom. The first-order chi connectivity index (χ1) is 20.4. The number of fused-ring (bicyclic) bond motifs is 1. The van der Waals surface area contributed by atoms with Crippen molar-refractivity contribution in [1.29, 1.82) is 0 Å². The van der Waals surface area contributed by atoms with E-state index in [4.69, 9.17) is 23.7 Å². The van der Waals surface area contributed by atoms with E-state index < -0.39 is 74.1 Å². The van der Waals surface area contributed by atoms with Crippen LogP contribution in [0.5, 0.6) is 11.5 Å². The first-order valence-corrected chi connectivity index (χ1v) is 13.4. The fraction of sp³-hybridized carbons (Fsp3) is 0.500. The van der Waals surface area contributed by atoms with Gasteiger partial charge in [0.25, 0.3) is 0 Å². The average Bonchev–Trinajstić information content (AvgIpc) is 2.98. The van der Waals surface area contributed by atoms with Crippen molar-refractivity contribution in [2.75, 3.05) is 13.7 Å². The first kappa shape index (κ1) is 31.1. The zero-order chi connectivity index (χ0) is 31.2. The molecule has 0 spiro atoms. The zero-order valence-corrected chi connectivity index (χ0v) is 23.0. The summed E-state index contributed by atoms with van der Waals surface area (Å²) in [5, 5.41) is 92.7. The second-order valence-electron chi connectivity index (χ2n) is 10.5. The van der Waals surface area contributed by atoms with Crippen LogP contribution >= 0.6 is 0 Å². The Labute approximate surface area is 245 Å². The van der Waals surface area contributed by atoms with E-state index >= 15 is 0 Å². The zero-order valence-electron chi connectivity index (χ0n) is 23.0. The van der Waals surface area contributed by atoms with Crippen LogP contribution in [0.25, 0.3) is 5.76 Å². The number of methoxy groups -OCH3 is 1. The van der Waals surface area contributed by atoms with Gasteiger partial charge < -0.3 is 74.4 Å². The Hall–Kier alpha value is -3.38. The van der Waals surface area contributed by atoms with Gasteiger partial charge in [-0.2, -0.15) is 0 Å². The number of benzene rings is 1. The molecular formula is C28H35O15+. The summed E-state index contributed by atoms with van der Waals surface area (Å²) < 4.78 is 32.4. The largest absolute Gasteiger partial charge is 0.571 e. The molecule has 15 nitrogen and oxygen atoms in total. The topological polar surface area (TPSA) is 241 Å². The van der Waals surface area contributed by atoms with Crippen LogP contribution in [0, 0.1) is 0 Å². The molecule has 2 saturated heterocycles. The number of aromatic hydroxyl groups is 1. The third-order valence-corrected chi connectivity index (χ3v) is 7.61. The van der Waals surface area contributed by atoms with Crippen molar-refractivity contribution in [1.82, 2.24) is 0 Å². The van der Waals surface area contributed by atoms with E-state index in [1.165, 1.54) is 44.4 Å². The Bertz CT molecular complexity index is 1320. The summed E-state index contributed by atoms with van der Waals surface area (Å²) >= 11 is 0. The third kappa shape index (κ3) is 6.04. The van der Waals surface area contributed by atoms with Crippen molar-refractivity contribution in [2.45, 2.75) is 74.4 Å². The van der Waals surface area contributed by atoms with Crippen LogP contribution in [0.3, 0.4) is 0 Å². The number of aliphatic hydroxyl groups is 10. The minimum absolute atomic E-state index is 0.0435. The molecule has 1 aromatic carbocycles. The molecule has 3 heterocycles. The molecule has 0 aromatic heterocycles. The summed E-state index contributed by atoms with van der Waals surface area (Å²) in [6.07, 6.45) is -11.9. The van der Waals surface area contributed by atoms with Gasteiger partial charge in [0.2, 0.25) is 18.2 Å². The molecule has 11 atom stereocenters. The molecular weight excluding hydrogens is 576 g/mol. The molecule has 3 aliphatic heterocycles. The van der Waals surface area contributed by atoms with Crippen LogP contribution in [0.2, 0.25) is 0 Å². The van der Waals surface area contributed by atoms with Crippen LogP contribution in [-0.4, -0.2) is 132 Å². The van der Waals surface area contributed by atoms with Gasteiger partial charge in [0, 0.05) is 18.2 Å². The van der Waals surface area contributed by atoms with E-state index in [2.05, 4.69) is 4.74 Å². The number of hydrogen-bond acceptors (Lipinski definition) is 14. The summed E-state index contributed by atoms with van der Waals surface area (Å²) in [5.74, 6) is -0.440. The minimum atomic E-state index is -1.78. The minimum Gasteiger partial charge on any atom is -0.571 e. The van der Waals surface area contributed by atoms with Gasteiger partial charge in [-0.1, -0.05) is 0 Å². The highest BCUT2D eigenvalue weighted by molar-refractivity contribution is 5.69. The quantitative estimate of drug-likeness (QED) is 0.159. The van der Waals surface area contributed by atoms with E-state index in [1.807, 2.05) is 0 Å². The Kier molecular flexibility index (Phi) is 8.89. The van der Waals surface area contributed by atoms with Crippen molar-refractivity contribution >= 4 is 5.76 Å². The summed E-state index contributed by atoms with van der Waals surface area (Å²) in [4.78, 5) is 0. The highest BCUT2D eigenvalue weighted by Gasteiger charge is 2.48. The van der Waals surface area contributed by atoms with Crippen LogP contribution in [0.4, 0.5) is 0 Å². The molecule has 1 aromatic rings. The monoisotopic (exact) mass is 611 g/mol. The maximum Gasteiger partial charge on any atom is 0.305 e. The van der Waals surface area contributed by atoms with Gasteiger partial charge in [-0.25, -0.2) is 0 Å². The molecule has 43 heavy (non-hydrogen) atoms. The maximum absolute atomic E-state index is 10.8. The van der Waals surface area contributed by atoms with Crippen LogP contribution in [-0.2, 0) is 18.9 Å². The van der Waals surface area contributed by atoms with Gasteiger partial charge in [-0.05, 0) is 19.1 Å². The lowest BCUT2D eigenvalue weighted by Gasteiger charge is -2.42. The third-order valence-electron chi connectivity index (χ3n) is 7.61. The van der Waals surface area contributed by atoms with Crippen molar-refractivity contribution in [3.63, 3.8) is 0 Å². The predicted molar refractivity (Wildman–Crippen MR) is 143 cm³/mol. The Morgan fingerprint density at radius 2 is 1.53 bits per heavy atom. The van der Waals surface area contributed by atoms with Gasteiger partial charge in [0.1, 0.15) is 54.2 Å². The second kappa shape index (κ2) is 12.3. The van der Waals surface area contributed by atoms with Crippen molar-refractivity contribution in [3.05, 3.63) is 64.8 Å². The predicted octanol–water partition coefficient (Wildman–Crippen LogP) is -1.53. The van der Waals surface area contributed by atoms with Gasteiger partial charge in [0.05, 0.1) is 37.0 Å². The lowest BCUT2D eigenvalue weighted by molar-refractivity contribution is -0.323. The summed E-state index contributed by atoms with van der Waals surface area (Å²) in [6.45, 7) is 0.968. The number of phenolic OH excluding ortho intramolecular Hbond substituents is 1. The molecule has 0 radical (unpaired) electrons. The molecule has 1 aliphatic carbocycles. The number of phenols is 1. The van der Waals surface area contributed by atoms with E-state index in [0.717, 1.165) is 6.08 Å². The summed E-state index contributed by atoms with van der Waals surface area (Å²) in [5.41, 5.74) is 0.623. The van der Waals surface area contributed by atoms with Crippen LogP contribution in [0.1, 0.15) is 12.5 Å². The first-order valence-electron chi connectivity index (χ1n) is 13.4. The number of allylic oxidation sites excluding steroid dienone is 2. The van der Waals surface area contributed by atoms with Gasteiger partial charge in [-0.15, -0.1) is 0 Å². The van der Waals surface area contributed by atoms with E-state index in [9.17, 15) is 46.0 Å². The van der Waals surface area contributed by atoms with Crippen LogP contribution in [0.15, 0.2) is 59.3 Å². The van der Waals surface area contributed by atoms with Crippen molar-refractivity contribution in [3.8, 4) is 11.5 Å². The van der Waals surface area contributed by atoms with Crippen molar-refractivity contribution < 1.29 is 74.4 Å². The smallest absolute Gasteiger partial charge is 0.305 e. The van der Waals surface area contributed by atoms with Gasteiger partial charge in [0.15, 0.2) is 17.8 Å². The number of aliphatic hydroxyl groups excluding tert-OH is 8. The molecule has 0 amide bonds. The molecule has 4 aliphatic rings. The average molecular weight is 612 g/mol. The molecule has 2 fully saturated rings.